The lowest BCUT2D eigenvalue weighted by molar-refractivity contribution is -0.124. The van der Waals surface area contributed by atoms with Gasteiger partial charge in [-0.2, -0.15) is 0 Å². The lowest BCUT2D eigenvalue weighted by Crippen LogP contribution is -2.45. The van der Waals surface area contributed by atoms with E-state index in [9.17, 15) is 4.79 Å². The first-order chi connectivity index (χ1) is 13.3. The van der Waals surface area contributed by atoms with Gasteiger partial charge in [0, 0.05) is 12.8 Å². The molecule has 4 rings (SSSR count). The first kappa shape index (κ1) is 20.7. The summed E-state index contributed by atoms with van der Waals surface area (Å²) in [5.41, 5.74) is 4.62. The van der Waals surface area contributed by atoms with Gasteiger partial charge < -0.3 is 0 Å². The second kappa shape index (κ2) is 7.59. The summed E-state index contributed by atoms with van der Waals surface area (Å²) in [5, 5.41) is 0. The maximum atomic E-state index is 12.1. The minimum absolute atomic E-state index is 0.351. The van der Waals surface area contributed by atoms with E-state index in [1.807, 2.05) is 11.1 Å². The van der Waals surface area contributed by atoms with Crippen LogP contribution in [0.15, 0.2) is 11.1 Å². The highest BCUT2D eigenvalue weighted by molar-refractivity contribution is 5.80. The summed E-state index contributed by atoms with van der Waals surface area (Å²) < 4.78 is 0. The normalized spacial score (nSPS) is 41.6. The van der Waals surface area contributed by atoms with Crippen molar-refractivity contribution in [1.82, 2.24) is 0 Å². The minimum atomic E-state index is 0.351. The van der Waals surface area contributed by atoms with Crippen LogP contribution in [0.5, 0.6) is 0 Å². The van der Waals surface area contributed by atoms with Crippen LogP contribution in [0.3, 0.4) is 0 Å². The molecule has 0 bridgehead atoms. The first-order valence-electron chi connectivity index (χ1n) is 12.5. The van der Waals surface area contributed by atoms with Crippen molar-refractivity contribution in [1.29, 1.82) is 0 Å². The maximum absolute atomic E-state index is 12.1. The summed E-state index contributed by atoms with van der Waals surface area (Å²) in [6.45, 7) is 12.5. The molecular formula is C27H44O. The van der Waals surface area contributed by atoms with Gasteiger partial charge in [0.15, 0.2) is 0 Å². The van der Waals surface area contributed by atoms with E-state index in [4.69, 9.17) is 0 Å². The Morgan fingerprint density at radius 2 is 1.75 bits per heavy atom. The predicted octanol–water partition coefficient (Wildman–Crippen LogP) is 7.74. The molecule has 0 unspecified atom stereocenters. The lowest BCUT2D eigenvalue weighted by Gasteiger charge is -2.54. The summed E-state index contributed by atoms with van der Waals surface area (Å²) in [6.07, 6.45) is 15.3. The number of hydrogen-bond acceptors (Lipinski definition) is 1. The van der Waals surface area contributed by atoms with Crippen LogP contribution in [0.4, 0.5) is 0 Å². The molecule has 0 aromatic heterocycles. The van der Waals surface area contributed by atoms with Gasteiger partial charge in [-0.15, -0.1) is 0 Å². The summed E-state index contributed by atoms with van der Waals surface area (Å²) in [4.78, 5) is 12.1. The average Bonchev–Trinajstić information content (AvgIpc) is 2.99. The highest BCUT2D eigenvalue weighted by Gasteiger charge is 2.55. The van der Waals surface area contributed by atoms with Crippen LogP contribution in [0.1, 0.15) is 112 Å². The number of Topliss-reactive ketones (excluding diaryl/α,β-unsaturated/α-hetero) is 1. The molecule has 0 amide bonds. The van der Waals surface area contributed by atoms with Crippen LogP contribution in [0, 0.1) is 40.4 Å². The van der Waals surface area contributed by atoms with Crippen LogP contribution in [0.25, 0.3) is 0 Å². The van der Waals surface area contributed by atoms with Gasteiger partial charge in [0.2, 0.25) is 0 Å². The van der Waals surface area contributed by atoms with E-state index >= 15 is 0 Å². The number of fused-ring (bicyclic) bond motifs is 4. The molecule has 2 fully saturated rings. The molecule has 1 nitrogen and oxygen atoms in total. The average molecular weight is 385 g/mol. The summed E-state index contributed by atoms with van der Waals surface area (Å²) in [6, 6.07) is 0. The Kier molecular flexibility index (Phi) is 5.60. The number of allylic oxidation sites excluding steroid dienone is 2. The summed E-state index contributed by atoms with van der Waals surface area (Å²) >= 11 is 0. The Morgan fingerprint density at radius 1 is 0.964 bits per heavy atom. The van der Waals surface area contributed by atoms with Crippen molar-refractivity contribution < 1.29 is 4.79 Å². The Labute approximate surface area is 174 Å². The molecule has 4 aliphatic carbocycles. The van der Waals surface area contributed by atoms with Crippen molar-refractivity contribution in [3.63, 3.8) is 0 Å². The van der Waals surface area contributed by atoms with Crippen LogP contribution in [-0.2, 0) is 4.79 Å². The van der Waals surface area contributed by atoms with Crippen LogP contribution in [-0.4, -0.2) is 5.78 Å². The monoisotopic (exact) mass is 384 g/mol. The second-order valence-electron chi connectivity index (χ2n) is 11.9. The van der Waals surface area contributed by atoms with E-state index in [1.54, 1.807) is 0 Å². The molecule has 6 atom stereocenters. The molecule has 0 saturated heterocycles. The molecule has 0 aliphatic heterocycles. The van der Waals surface area contributed by atoms with Gasteiger partial charge in [-0.25, -0.2) is 0 Å². The molecule has 1 heteroatoms. The Balaban J connectivity index is 1.53. The zero-order valence-electron chi connectivity index (χ0n) is 19.3. The third-order valence-corrected chi connectivity index (χ3v) is 10.0. The molecule has 0 radical (unpaired) electrons. The molecule has 0 spiro atoms. The lowest BCUT2D eigenvalue weighted by atomic mass is 9.50. The molecule has 28 heavy (non-hydrogen) atoms. The Bertz CT molecular complexity index is 643. The van der Waals surface area contributed by atoms with Gasteiger partial charge in [-0.3, -0.25) is 4.79 Å². The van der Waals surface area contributed by atoms with E-state index in [-0.39, 0.29) is 0 Å². The Hall–Kier alpha value is -0.590. The Morgan fingerprint density at radius 3 is 2.50 bits per heavy atom. The highest BCUT2D eigenvalue weighted by Crippen LogP contribution is 2.65. The van der Waals surface area contributed by atoms with Crippen LogP contribution >= 0.6 is 0 Å². The number of ketones is 1. The number of carbonyl (C=O) groups is 1. The van der Waals surface area contributed by atoms with E-state index in [0.29, 0.717) is 22.5 Å². The SMILES string of the molecule is CC(C)CCC[C@@H](C)[C@H]1CC[C@@H]2C3=C(CC[C@@]21C)[C@@]1(C)CCC(=O)C[C@@H]1CC3. The second-order valence-corrected chi connectivity index (χ2v) is 11.9. The molecule has 0 heterocycles. The first-order valence-corrected chi connectivity index (χ1v) is 12.5. The topological polar surface area (TPSA) is 17.1 Å². The number of carbonyl (C=O) groups excluding carboxylic acids is 1. The van der Waals surface area contributed by atoms with Gasteiger partial charge in [0.1, 0.15) is 5.78 Å². The molecule has 4 aliphatic rings. The summed E-state index contributed by atoms with van der Waals surface area (Å²) in [7, 11) is 0. The van der Waals surface area contributed by atoms with Crippen molar-refractivity contribution in [3.8, 4) is 0 Å². The van der Waals surface area contributed by atoms with Crippen molar-refractivity contribution in [2.24, 2.45) is 40.4 Å². The van der Waals surface area contributed by atoms with E-state index < -0.39 is 0 Å². The number of hydrogen-bond donors (Lipinski definition) is 0. The summed E-state index contributed by atoms with van der Waals surface area (Å²) in [5.74, 6) is 4.68. The van der Waals surface area contributed by atoms with E-state index in [0.717, 1.165) is 42.9 Å². The molecule has 0 N–H and O–H groups in total. The quantitative estimate of drug-likeness (QED) is 0.443. The van der Waals surface area contributed by atoms with Crippen molar-refractivity contribution in [2.75, 3.05) is 0 Å². The van der Waals surface area contributed by atoms with Gasteiger partial charge in [-0.05, 0) is 85.4 Å². The molecule has 0 aromatic carbocycles. The standard InChI is InChI=1S/C27H44O/c1-18(2)7-6-8-19(3)23-11-12-24-22-10-9-20-17-21(28)13-15-26(20,4)25(22)14-16-27(23,24)5/h18-20,23-24H,6-17H2,1-5H3/t19-,20+,23-,24-,26+,27-/m1/s1. The zero-order chi connectivity index (χ0) is 20.1. The van der Waals surface area contributed by atoms with Crippen molar-refractivity contribution in [2.45, 2.75) is 112 Å². The van der Waals surface area contributed by atoms with Gasteiger partial charge in [-0.1, -0.05) is 65.0 Å². The van der Waals surface area contributed by atoms with Crippen LogP contribution in [0.2, 0.25) is 0 Å². The third kappa shape index (κ3) is 3.33. The van der Waals surface area contributed by atoms with E-state index in [1.165, 1.54) is 57.8 Å². The maximum Gasteiger partial charge on any atom is 0.133 e. The fourth-order valence-electron chi connectivity index (χ4n) is 8.28. The predicted molar refractivity (Wildman–Crippen MR) is 118 cm³/mol. The smallest absolute Gasteiger partial charge is 0.133 e. The molecule has 158 valence electrons. The fraction of sp³-hybridized carbons (Fsp3) is 0.889. The largest absolute Gasteiger partial charge is 0.300 e. The van der Waals surface area contributed by atoms with Crippen molar-refractivity contribution >= 4 is 5.78 Å². The fourth-order valence-corrected chi connectivity index (χ4v) is 8.28. The van der Waals surface area contributed by atoms with E-state index in [2.05, 4.69) is 34.6 Å². The van der Waals surface area contributed by atoms with Gasteiger partial charge in [0.05, 0.1) is 0 Å². The highest BCUT2D eigenvalue weighted by atomic mass is 16.1. The zero-order valence-corrected chi connectivity index (χ0v) is 19.3. The minimum Gasteiger partial charge on any atom is -0.300 e. The molecule has 2 saturated carbocycles. The molecule has 0 aromatic rings. The number of rotatable bonds is 5. The van der Waals surface area contributed by atoms with Gasteiger partial charge in [0.25, 0.3) is 0 Å². The molecular weight excluding hydrogens is 340 g/mol. The third-order valence-electron chi connectivity index (χ3n) is 10.0. The van der Waals surface area contributed by atoms with Gasteiger partial charge >= 0.3 is 0 Å². The van der Waals surface area contributed by atoms with Crippen molar-refractivity contribution in [3.05, 3.63) is 11.1 Å². The van der Waals surface area contributed by atoms with Crippen LogP contribution < -0.4 is 0 Å².